The van der Waals surface area contributed by atoms with Crippen molar-refractivity contribution in [1.82, 2.24) is 0 Å². The molecule has 1 aromatic heterocycles. The Balaban J connectivity index is 2.51. The maximum atomic E-state index is 11.8. The maximum absolute atomic E-state index is 11.8. The van der Waals surface area contributed by atoms with Gasteiger partial charge in [0.2, 0.25) is 0 Å². The van der Waals surface area contributed by atoms with Gasteiger partial charge in [-0.3, -0.25) is 4.79 Å². The fraction of sp³-hybridized carbons (Fsp3) is 0.545. The number of sulfone groups is 1. The van der Waals surface area contributed by atoms with E-state index in [2.05, 4.69) is 15.9 Å². The number of Topliss-reactive ketones (excluding diaryl/α,β-unsaturated/α-hetero) is 1. The first-order valence-corrected chi connectivity index (χ1v) is 8.78. The van der Waals surface area contributed by atoms with Crippen molar-refractivity contribution in [1.29, 1.82) is 0 Å². The lowest BCUT2D eigenvalue weighted by molar-refractivity contribution is 0.0986. The molecule has 0 N–H and O–H groups in total. The van der Waals surface area contributed by atoms with Crippen LogP contribution in [-0.4, -0.2) is 25.7 Å². The van der Waals surface area contributed by atoms with Crippen molar-refractivity contribution in [3.8, 4) is 0 Å². The molecule has 0 saturated heterocycles. The largest absolute Gasteiger partial charge is 0.293 e. The van der Waals surface area contributed by atoms with Crippen LogP contribution in [-0.2, 0) is 9.84 Å². The summed E-state index contributed by atoms with van der Waals surface area (Å²) in [5.74, 6) is 0.265. The van der Waals surface area contributed by atoms with Crippen LogP contribution in [0.2, 0.25) is 0 Å². The molecule has 1 rings (SSSR count). The van der Waals surface area contributed by atoms with E-state index < -0.39 is 9.84 Å². The zero-order chi connectivity index (χ0) is 13.1. The molecule has 1 aromatic rings. The predicted molar refractivity (Wildman–Crippen MR) is 74.6 cm³/mol. The van der Waals surface area contributed by atoms with Gasteiger partial charge in [0.15, 0.2) is 5.78 Å². The Bertz CT molecular complexity index is 483. The lowest BCUT2D eigenvalue weighted by Crippen LogP contribution is -2.10. The summed E-state index contributed by atoms with van der Waals surface area (Å²) in [5, 5.41) is 0. The van der Waals surface area contributed by atoms with Crippen molar-refractivity contribution >= 4 is 42.9 Å². The first-order valence-electron chi connectivity index (χ1n) is 5.35. The quantitative estimate of drug-likeness (QED) is 0.748. The first-order chi connectivity index (χ1) is 7.85. The summed E-state index contributed by atoms with van der Waals surface area (Å²) < 4.78 is 23.5. The fourth-order valence-corrected chi connectivity index (χ4v) is 3.69. The predicted octanol–water partition coefficient (Wildman–Crippen LogP) is 3.22. The number of aryl methyl sites for hydroxylation is 1. The Morgan fingerprint density at radius 3 is 2.59 bits per heavy atom. The van der Waals surface area contributed by atoms with Gasteiger partial charge in [0.25, 0.3) is 0 Å². The van der Waals surface area contributed by atoms with Crippen LogP contribution in [0.15, 0.2) is 9.85 Å². The molecule has 96 valence electrons. The molecule has 0 spiro atoms. The van der Waals surface area contributed by atoms with Gasteiger partial charge in [-0.25, -0.2) is 8.42 Å². The Kier molecular flexibility index (Phi) is 5.34. The topological polar surface area (TPSA) is 51.2 Å². The molecule has 6 heteroatoms. The number of rotatable bonds is 6. The average molecular weight is 339 g/mol. The number of hydrogen-bond donors (Lipinski definition) is 0. The second-order valence-corrected chi connectivity index (χ2v) is 8.67. The zero-order valence-corrected chi connectivity index (χ0v) is 13.0. The monoisotopic (exact) mass is 338 g/mol. The third-order valence-corrected chi connectivity index (χ3v) is 6.40. The van der Waals surface area contributed by atoms with Gasteiger partial charge in [-0.15, -0.1) is 11.3 Å². The second kappa shape index (κ2) is 6.11. The highest BCUT2D eigenvalue weighted by atomic mass is 79.9. The molecule has 0 bridgehead atoms. The molecular weight excluding hydrogens is 324 g/mol. The molecule has 17 heavy (non-hydrogen) atoms. The summed E-state index contributed by atoms with van der Waals surface area (Å²) in [6, 6.07) is 1.84. The van der Waals surface area contributed by atoms with Crippen LogP contribution in [0.5, 0.6) is 0 Å². The number of thiophene rings is 1. The number of carbonyl (C=O) groups is 1. The number of carbonyl (C=O) groups excluding carboxylic acids is 1. The molecule has 0 aliphatic carbocycles. The van der Waals surface area contributed by atoms with Crippen molar-refractivity contribution < 1.29 is 13.2 Å². The molecule has 0 fully saturated rings. The van der Waals surface area contributed by atoms with Crippen LogP contribution in [0.25, 0.3) is 0 Å². The molecule has 0 amide bonds. The van der Waals surface area contributed by atoms with E-state index in [9.17, 15) is 13.2 Å². The average Bonchev–Trinajstić information content (AvgIpc) is 2.59. The van der Waals surface area contributed by atoms with E-state index in [4.69, 9.17) is 0 Å². The smallest absolute Gasteiger partial charge is 0.172 e. The summed E-state index contributed by atoms with van der Waals surface area (Å²) in [7, 11) is -2.96. The van der Waals surface area contributed by atoms with Crippen molar-refractivity contribution in [2.24, 2.45) is 0 Å². The highest BCUT2D eigenvalue weighted by Crippen LogP contribution is 2.28. The van der Waals surface area contributed by atoms with E-state index in [1.54, 1.807) is 6.92 Å². The standard InChI is InChI=1S/C11H15BrO3S2/c1-3-17(14,15)6-4-5-9(13)10-7-8(2)11(12)16-10/h7H,3-6H2,1-2H3. The van der Waals surface area contributed by atoms with Crippen LogP contribution in [0.3, 0.4) is 0 Å². The summed E-state index contributed by atoms with van der Waals surface area (Å²) in [6.45, 7) is 3.55. The molecule has 0 unspecified atom stereocenters. The Hall–Kier alpha value is -0.200. The third kappa shape index (κ3) is 4.52. The highest BCUT2D eigenvalue weighted by molar-refractivity contribution is 9.11. The van der Waals surface area contributed by atoms with Gasteiger partial charge in [-0.05, 0) is 40.9 Å². The van der Waals surface area contributed by atoms with Gasteiger partial charge in [0.1, 0.15) is 9.84 Å². The van der Waals surface area contributed by atoms with E-state index in [-0.39, 0.29) is 17.3 Å². The first kappa shape index (κ1) is 14.9. The summed E-state index contributed by atoms with van der Waals surface area (Å²) in [5.41, 5.74) is 1.04. The maximum Gasteiger partial charge on any atom is 0.172 e. The van der Waals surface area contributed by atoms with Crippen molar-refractivity contribution in [2.45, 2.75) is 26.7 Å². The minimum Gasteiger partial charge on any atom is -0.293 e. The SMILES string of the molecule is CCS(=O)(=O)CCCC(=O)c1cc(C)c(Br)s1. The minimum absolute atomic E-state index is 0.0232. The molecule has 0 atom stereocenters. The summed E-state index contributed by atoms with van der Waals surface area (Å²) in [4.78, 5) is 12.5. The molecule has 0 aliphatic heterocycles. The van der Waals surface area contributed by atoms with E-state index in [1.807, 2.05) is 13.0 Å². The molecule has 0 aromatic carbocycles. The van der Waals surface area contributed by atoms with E-state index >= 15 is 0 Å². The normalized spacial score (nSPS) is 11.7. The Morgan fingerprint density at radius 1 is 1.47 bits per heavy atom. The highest BCUT2D eigenvalue weighted by Gasteiger charge is 2.13. The van der Waals surface area contributed by atoms with Crippen LogP contribution in [0, 0.1) is 6.92 Å². The van der Waals surface area contributed by atoms with Crippen LogP contribution in [0.1, 0.15) is 35.0 Å². The Morgan fingerprint density at radius 2 is 2.12 bits per heavy atom. The van der Waals surface area contributed by atoms with Gasteiger partial charge in [-0.1, -0.05) is 6.92 Å². The number of ketones is 1. The fourth-order valence-electron chi connectivity index (χ4n) is 1.32. The van der Waals surface area contributed by atoms with Gasteiger partial charge in [0, 0.05) is 12.2 Å². The molecule has 1 heterocycles. The molecule has 3 nitrogen and oxygen atoms in total. The molecule has 0 radical (unpaired) electrons. The van der Waals surface area contributed by atoms with E-state index in [1.165, 1.54) is 11.3 Å². The summed E-state index contributed by atoms with van der Waals surface area (Å²) in [6.07, 6.45) is 0.704. The van der Waals surface area contributed by atoms with Gasteiger partial charge in [0.05, 0.1) is 14.4 Å². The molecule has 0 saturated carbocycles. The second-order valence-electron chi connectivity index (χ2n) is 3.83. The lowest BCUT2D eigenvalue weighted by atomic mass is 10.2. The van der Waals surface area contributed by atoms with Crippen LogP contribution in [0.4, 0.5) is 0 Å². The van der Waals surface area contributed by atoms with E-state index in [0.29, 0.717) is 17.7 Å². The van der Waals surface area contributed by atoms with Gasteiger partial charge in [-0.2, -0.15) is 0 Å². The Labute approximate surface area is 114 Å². The molecular formula is C11H15BrO3S2. The minimum atomic E-state index is -2.96. The third-order valence-electron chi connectivity index (χ3n) is 2.43. The van der Waals surface area contributed by atoms with Crippen LogP contribution < -0.4 is 0 Å². The molecule has 0 aliphatic rings. The number of hydrogen-bond acceptors (Lipinski definition) is 4. The van der Waals surface area contributed by atoms with Crippen molar-refractivity contribution in [3.63, 3.8) is 0 Å². The summed E-state index contributed by atoms with van der Waals surface area (Å²) >= 11 is 4.77. The van der Waals surface area contributed by atoms with Crippen LogP contribution >= 0.6 is 27.3 Å². The van der Waals surface area contributed by atoms with Crippen molar-refractivity contribution in [2.75, 3.05) is 11.5 Å². The lowest BCUT2D eigenvalue weighted by Gasteiger charge is -1.99. The van der Waals surface area contributed by atoms with E-state index in [0.717, 1.165) is 9.35 Å². The van der Waals surface area contributed by atoms with Gasteiger partial charge >= 0.3 is 0 Å². The zero-order valence-electron chi connectivity index (χ0n) is 9.82. The number of halogens is 1. The van der Waals surface area contributed by atoms with Gasteiger partial charge < -0.3 is 0 Å². The van der Waals surface area contributed by atoms with Crippen molar-refractivity contribution in [3.05, 3.63) is 20.3 Å².